The maximum atomic E-state index is 14.8. The van der Waals surface area contributed by atoms with E-state index < -0.39 is 17.5 Å². The van der Waals surface area contributed by atoms with Crippen LogP contribution in [-0.2, 0) is 6.42 Å². The minimum absolute atomic E-state index is 0.00355. The molecule has 0 aliphatic heterocycles. The molecule has 4 heteroatoms. The van der Waals surface area contributed by atoms with E-state index in [0.29, 0.717) is 5.56 Å². The third-order valence-electron chi connectivity index (χ3n) is 5.21. The van der Waals surface area contributed by atoms with Gasteiger partial charge in [0, 0.05) is 11.1 Å². The predicted molar refractivity (Wildman–Crippen MR) is 116 cm³/mol. The SMILES string of the molecule is CCCCCCc1ccc(-c2ccc(-c3ccc(OCC)c(F)c3F)cc2F)cc1. The van der Waals surface area contributed by atoms with E-state index in [1.54, 1.807) is 19.1 Å². The quantitative estimate of drug-likeness (QED) is 0.324. The van der Waals surface area contributed by atoms with Crippen LogP contribution in [0.15, 0.2) is 54.6 Å². The molecule has 0 bridgehead atoms. The number of halogens is 3. The molecule has 0 amide bonds. The van der Waals surface area contributed by atoms with E-state index in [1.165, 1.54) is 43.0 Å². The van der Waals surface area contributed by atoms with Crippen LogP contribution in [0, 0.1) is 17.5 Å². The monoisotopic (exact) mass is 412 g/mol. The van der Waals surface area contributed by atoms with E-state index in [1.807, 2.05) is 24.3 Å². The zero-order valence-corrected chi connectivity index (χ0v) is 17.5. The molecule has 0 N–H and O–H groups in total. The van der Waals surface area contributed by atoms with Crippen molar-refractivity contribution in [3.05, 3.63) is 77.6 Å². The van der Waals surface area contributed by atoms with Crippen LogP contribution in [0.2, 0.25) is 0 Å². The molecule has 0 unspecified atom stereocenters. The van der Waals surface area contributed by atoms with E-state index in [9.17, 15) is 13.2 Å². The summed E-state index contributed by atoms with van der Waals surface area (Å²) in [6, 6.07) is 15.1. The summed E-state index contributed by atoms with van der Waals surface area (Å²) < 4.78 is 48.5. The molecule has 3 aromatic carbocycles. The van der Waals surface area contributed by atoms with Gasteiger partial charge in [0.2, 0.25) is 5.82 Å². The lowest BCUT2D eigenvalue weighted by atomic mass is 9.97. The molecular weight excluding hydrogens is 385 g/mol. The Morgan fingerprint density at radius 2 is 1.40 bits per heavy atom. The van der Waals surface area contributed by atoms with Crippen molar-refractivity contribution in [1.82, 2.24) is 0 Å². The fourth-order valence-corrected chi connectivity index (χ4v) is 3.55. The summed E-state index contributed by atoms with van der Waals surface area (Å²) in [6.07, 6.45) is 5.84. The van der Waals surface area contributed by atoms with Crippen LogP contribution < -0.4 is 4.74 Å². The highest BCUT2D eigenvalue weighted by Crippen LogP contribution is 2.33. The summed E-state index contributed by atoms with van der Waals surface area (Å²) in [6.45, 7) is 4.12. The zero-order chi connectivity index (χ0) is 21.5. The van der Waals surface area contributed by atoms with Crippen LogP contribution in [-0.4, -0.2) is 6.61 Å². The van der Waals surface area contributed by atoms with Crippen molar-refractivity contribution in [1.29, 1.82) is 0 Å². The molecule has 3 rings (SSSR count). The van der Waals surface area contributed by atoms with Crippen LogP contribution >= 0.6 is 0 Å². The fourth-order valence-electron chi connectivity index (χ4n) is 3.55. The number of aryl methyl sites for hydroxylation is 1. The Morgan fingerprint density at radius 1 is 0.700 bits per heavy atom. The van der Waals surface area contributed by atoms with Gasteiger partial charge in [0.15, 0.2) is 11.6 Å². The number of ether oxygens (including phenoxy) is 1. The number of hydrogen-bond acceptors (Lipinski definition) is 1. The number of hydrogen-bond donors (Lipinski definition) is 0. The molecule has 30 heavy (non-hydrogen) atoms. The van der Waals surface area contributed by atoms with Crippen molar-refractivity contribution in [2.24, 2.45) is 0 Å². The topological polar surface area (TPSA) is 9.23 Å². The summed E-state index contributed by atoms with van der Waals surface area (Å²) in [5.74, 6) is -2.73. The van der Waals surface area contributed by atoms with Gasteiger partial charge >= 0.3 is 0 Å². The van der Waals surface area contributed by atoms with Gasteiger partial charge in [0.25, 0.3) is 0 Å². The molecule has 0 heterocycles. The van der Waals surface area contributed by atoms with Gasteiger partial charge in [-0.05, 0) is 54.7 Å². The van der Waals surface area contributed by atoms with Gasteiger partial charge in [-0.3, -0.25) is 0 Å². The highest BCUT2D eigenvalue weighted by atomic mass is 19.2. The predicted octanol–water partition coefficient (Wildman–Crippen LogP) is 7.96. The maximum Gasteiger partial charge on any atom is 0.201 e. The molecule has 0 saturated carbocycles. The van der Waals surface area contributed by atoms with E-state index >= 15 is 0 Å². The van der Waals surface area contributed by atoms with Crippen molar-refractivity contribution in [2.45, 2.75) is 46.0 Å². The highest BCUT2D eigenvalue weighted by molar-refractivity contribution is 5.72. The second-order valence-corrected chi connectivity index (χ2v) is 7.37. The van der Waals surface area contributed by atoms with Gasteiger partial charge in [-0.15, -0.1) is 0 Å². The number of rotatable bonds is 9. The highest BCUT2D eigenvalue weighted by Gasteiger charge is 2.17. The number of unbranched alkanes of at least 4 members (excludes halogenated alkanes) is 3. The van der Waals surface area contributed by atoms with Crippen LogP contribution in [0.1, 0.15) is 45.1 Å². The molecular formula is C26H27F3O. The molecule has 3 aromatic rings. The standard InChI is InChI=1S/C26H27F3O/c1-3-5-6-7-8-18-9-11-19(12-10-18)21-14-13-20(17-23(21)27)22-15-16-24(30-4-2)26(29)25(22)28/h9-17H,3-8H2,1-2H3. The summed E-state index contributed by atoms with van der Waals surface area (Å²) in [5.41, 5.74) is 2.71. The fraction of sp³-hybridized carbons (Fsp3) is 0.308. The normalized spacial score (nSPS) is 11.0. The van der Waals surface area contributed by atoms with Gasteiger partial charge in [-0.25, -0.2) is 8.78 Å². The van der Waals surface area contributed by atoms with E-state index in [-0.39, 0.29) is 23.5 Å². The lowest BCUT2D eigenvalue weighted by molar-refractivity contribution is 0.314. The molecule has 0 spiro atoms. The van der Waals surface area contributed by atoms with E-state index in [4.69, 9.17) is 4.74 Å². The first kappa shape index (κ1) is 21.9. The Balaban J connectivity index is 1.80. The zero-order valence-electron chi connectivity index (χ0n) is 17.5. The average Bonchev–Trinajstić information content (AvgIpc) is 2.75. The second kappa shape index (κ2) is 10.3. The lowest BCUT2D eigenvalue weighted by Crippen LogP contribution is -1.99. The Kier molecular flexibility index (Phi) is 7.56. The molecule has 0 aliphatic rings. The molecule has 0 fully saturated rings. The van der Waals surface area contributed by atoms with E-state index in [0.717, 1.165) is 18.4 Å². The molecule has 0 saturated heterocycles. The van der Waals surface area contributed by atoms with Crippen molar-refractivity contribution in [2.75, 3.05) is 6.61 Å². The summed E-state index contributed by atoms with van der Waals surface area (Å²) in [4.78, 5) is 0. The first-order chi connectivity index (χ1) is 14.5. The third kappa shape index (κ3) is 5.05. The van der Waals surface area contributed by atoms with Crippen LogP contribution in [0.25, 0.3) is 22.3 Å². The van der Waals surface area contributed by atoms with Gasteiger partial charge in [0.05, 0.1) is 6.61 Å². The van der Waals surface area contributed by atoms with Gasteiger partial charge in [-0.1, -0.05) is 62.6 Å². The van der Waals surface area contributed by atoms with Crippen molar-refractivity contribution in [3.63, 3.8) is 0 Å². The molecule has 0 radical (unpaired) electrons. The van der Waals surface area contributed by atoms with Crippen molar-refractivity contribution < 1.29 is 17.9 Å². The Labute approximate surface area is 176 Å². The molecule has 0 atom stereocenters. The minimum Gasteiger partial charge on any atom is -0.491 e. The van der Waals surface area contributed by atoms with Crippen LogP contribution in [0.5, 0.6) is 5.75 Å². The van der Waals surface area contributed by atoms with Gasteiger partial charge in [0.1, 0.15) is 5.82 Å². The summed E-state index contributed by atoms with van der Waals surface area (Å²) in [5, 5.41) is 0. The number of benzene rings is 3. The average molecular weight is 412 g/mol. The first-order valence-corrected chi connectivity index (χ1v) is 10.5. The summed E-state index contributed by atoms with van der Waals surface area (Å²) >= 11 is 0. The van der Waals surface area contributed by atoms with Crippen molar-refractivity contribution in [3.8, 4) is 28.0 Å². The molecule has 0 aliphatic carbocycles. The van der Waals surface area contributed by atoms with Crippen LogP contribution in [0.4, 0.5) is 13.2 Å². The maximum absolute atomic E-state index is 14.8. The smallest absolute Gasteiger partial charge is 0.201 e. The molecule has 158 valence electrons. The Morgan fingerprint density at radius 3 is 2.07 bits per heavy atom. The van der Waals surface area contributed by atoms with E-state index in [2.05, 4.69) is 6.92 Å². The Hall–Kier alpha value is -2.75. The largest absolute Gasteiger partial charge is 0.491 e. The first-order valence-electron chi connectivity index (χ1n) is 10.5. The second-order valence-electron chi connectivity index (χ2n) is 7.37. The summed E-state index contributed by atoms with van der Waals surface area (Å²) in [7, 11) is 0. The molecule has 1 nitrogen and oxygen atoms in total. The molecule has 0 aromatic heterocycles. The third-order valence-corrected chi connectivity index (χ3v) is 5.21. The van der Waals surface area contributed by atoms with Gasteiger partial charge < -0.3 is 4.74 Å². The van der Waals surface area contributed by atoms with Gasteiger partial charge in [-0.2, -0.15) is 4.39 Å². The minimum atomic E-state index is -1.06. The lowest BCUT2D eigenvalue weighted by Gasteiger charge is -2.11. The Bertz CT molecular complexity index is 980. The van der Waals surface area contributed by atoms with Crippen LogP contribution in [0.3, 0.4) is 0 Å². The van der Waals surface area contributed by atoms with Crippen molar-refractivity contribution >= 4 is 0 Å².